The third kappa shape index (κ3) is 1.89. The van der Waals surface area contributed by atoms with E-state index in [-0.39, 0.29) is 5.41 Å². The van der Waals surface area contributed by atoms with Gasteiger partial charge in [-0.2, -0.15) is 11.8 Å². The zero-order valence-corrected chi connectivity index (χ0v) is 16.9. The molecule has 1 heterocycles. The Morgan fingerprint density at radius 1 is 0.917 bits per heavy atom. The zero-order chi connectivity index (χ0) is 17.0. The summed E-state index contributed by atoms with van der Waals surface area (Å²) in [6, 6.07) is 0. The van der Waals surface area contributed by atoms with E-state index in [1.54, 1.807) is 0 Å². The summed E-state index contributed by atoms with van der Waals surface area (Å²) in [7, 11) is 0. The van der Waals surface area contributed by atoms with Gasteiger partial charge < -0.3 is 5.11 Å². The zero-order valence-electron chi connectivity index (χ0n) is 16.1. The molecule has 4 saturated carbocycles. The number of thioether (sulfide) groups is 1. The summed E-state index contributed by atoms with van der Waals surface area (Å²) < 4.78 is 0.692. The van der Waals surface area contributed by atoms with Crippen LogP contribution in [0, 0.1) is 40.4 Å². The van der Waals surface area contributed by atoms with Crippen molar-refractivity contribution in [3.63, 3.8) is 0 Å². The van der Waals surface area contributed by atoms with Crippen LogP contribution in [-0.2, 0) is 0 Å². The van der Waals surface area contributed by atoms with Gasteiger partial charge >= 0.3 is 0 Å². The molecule has 24 heavy (non-hydrogen) atoms. The highest BCUT2D eigenvalue weighted by atomic mass is 32.2. The summed E-state index contributed by atoms with van der Waals surface area (Å²) in [6.07, 6.45) is 10.9. The Kier molecular flexibility index (Phi) is 3.28. The third-order valence-corrected chi connectivity index (χ3v) is 12.0. The van der Waals surface area contributed by atoms with Crippen LogP contribution >= 0.6 is 11.8 Å². The highest BCUT2D eigenvalue weighted by Gasteiger charge is 2.66. The van der Waals surface area contributed by atoms with Crippen molar-refractivity contribution in [3.8, 4) is 0 Å². The summed E-state index contributed by atoms with van der Waals surface area (Å²) in [5, 5.41) is 11.1. The first kappa shape index (κ1) is 16.5. The Morgan fingerprint density at radius 2 is 1.62 bits per heavy atom. The second kappa shape index (κ2) is 4.77. The van der Waals surface area contributed by atoms with E-state index in [0.717, 1.165) is 36.0 Å². The second-order valence-electron chi connectivity index (χ2n) is 11.1. The first-order chi connectivity index (χ1) is 11.2. The Bertz CT molecular complexity index is 552. The maximum Gasteiger partial charge on any atom is 0.0675 e. The van der Waals surface area contributed by atoms with Gasteiger partial charge in [0.15, 0.2) is 0 Å². The Labute approximate surface area is 152 Å². The molecule has 1 saturated heterocycles. The van der Waals surface area contributed by atoms with Crippen LogP contribution in [0.4, 0.5) is 0 Å². The van der Waals surface area contributed by atoms with Gasteiger partial charge in [0.1, 0.15) is 0 Å². The lowest BCUT2D eigenvalue weighted by Gasteiger charge is -2.62. The molecule has 5 rings (SSSR count). The van der Waals surface area contributed by atoms with Crippen molar-refractivity contribution in [2.45, 2.75) is 89.4 Å². The van der Waals surface area contributed by atoms with Crippen LogP contribution in [0.1, 0.15) is 79.1 Å². The van der Waals surface area contributed by atoms with Gasteiger partial charge in [0.25, 0.3) is 0 Å². The lowest BCUT2D eigenvalue weighted by molar-refractivity contribution is -0.151. The quantitative estimate of drug-likeness (QED) is 0.582. The standard InChI is InChI=1S/C22H36OS/c1-14-11-19(2)15(12-22(14)13-24-22)5-6-16-17(19)7-9-20(3)18(16)8-10-21(20,4)23/h14-18,23H,5-13H2,1-4H3/t14-,15+,16?,17?,18?,19+,20+,21+,22+/m1/s1. The number of hydrogen-bond acceptors (Lipinski definition) is 2. The summed E-state index contributed by atoms with van der Waals surface area (Å²) in [6.45, 7) is 9.80. The second-order valence-corrected chi connectivity index (χ2v) is 12.5. The average Bonchev–Trinajstić information content (AvgIpc) is 3.23. The van der Waals surface area contributed by atoms with Crippen LogP contribution < -0.4 is 0 Å². The van der Waals surface area contributed by atoms with Crippen molar-refractivity contribution < 1.29 is 5.11 Å². The molecule has 1 nitrogen and oxygen atoms in total. The van der Waals surface area contributed by atoms with Crippen molar-refractivity contribution in [3.05, 3.63) is 0 Å². The Hall–Kier alpha value is 0.310. The van der Waals surface area contributed by atoms with Crippen molar-refractivity contribution in [1.29, 1.82) is 0 Å². The minimum atomic E-state index is -0.422. The van der Waals surface area contributed by atoms with E-state index in [9.17, 15) is 5.11 Å². The number of hydrogen-bond donors (Lipinski definition) is 1. The number of aliphatic hydroxyl groups is 1. The van der Waals surface area contributed by atoms with Gasteiger partial charge in [-0.05, 0) is 98.7 Å². The van der Waals surface area contributed by atoms with E-state index >= 15 is 0 Å². The molecule has 1 N–H and O–H groups in total. The summed E-state index contributed by atoms with van der Waals surface area (Å²) >= 11 is 2.26. The lowest BCUT2D eigenvalue weighted by Crippen LogP contribution is -2.57. The number of rotatable bonds is 0. The Morgan fingerprint density at radius 3 is 2.33 bits per heavy atom. The molecule has 0 aromatic rings. The van der Waals surface area contributed by atoms with Crippen molar-refractivity contribution >= 4 is 11.8 Å². The SMILES string of the molecule is C[C@@H]1C[C@]2(C)C3CC[C@@]4(C)C(CC[C@]4(C)O)C3CC[C@H]2C[C@]12CS2. The van der Waals surface area contributed by atoms with E-state index in [0.29, 0.717) is 10.2 Å². The number of fused-ring (bicyclic) bond motifs is 5. The van der Waals surface area contributed by atoms with Crippen LogP contribution in [-0.4, -0.2) is 21.2 Å². The molecule has 2 heteroatoms. The van der Waals surface area contributed by atoms with Gasteiger partial charge in [-0.3, -0.25) is 0 Å². The molecule has 0 amide bonds. The van der Waals surface area contributed by atoms with Gasteiger partial charge in [-0.1, -0.05) is 20.8 Å². The maximum atomic E-state index is 11.1. The van der Waals surface area contributed by atoms with Crippen molar-refractivity contribution in [2.24, 2.45) is 40.4 Å². The topological polar surface area (TPSA) is 20.2 Å². The smallest absolute Gasteiger partial charge is 0.0675 e. The summed E-state index contributed by atoms with van der Waals surface area (Å²) in [5.74, 6) is 5.96. The van der Waals surface area contributed by atoms with Crippen LogP contribution in [0.25, 0.3) is 0 Å². The van der Waals surface area contributed by atoms with E-state index in [4.69, 9.17) is 0 Å². The van der Waals surface area contributed by atoms with Crippen molar-refractivity contribution in [2.75, 3.05) is 5.75 Å². The average molecular weight is 349 g/mol. The summed E-state index contributed by atoms with van der Waals surface area (Å²) in [5.41, 5.74) is 0.354. The first-order valence-electron chi connectivity index (χ1n) is 10.6. The van der Waals surface area contributed by atoms with E-state index in [1.807, 2.05) is 0 Å². The highest BCUT2D eigenvalue weighted by Crippen LogP contribution is 2.72. The van der Waals surface area contributed by atoms with E-state index in [2.05, 4.69) is 39.5 Å². The van der Waals surface area contributed by atoms with E-state index in [1.165, 1.54) is 50.7 Å². The van der Waals surface area contributed by atoms with Crippen molar-refractivity contribution in [1.82, 2.24) is 0 Å². The van der Waals surface area contributed by atoms with Crippen LogP contribution in [0.2, 0.25) is 0 Å². The fourth-order valence-corrected chi connectivity index (χ4v) is 9.67. The van der Waals surface area contributed by atoms with Gasteiger partial charge in [0.2, 0.25) is 0 Å². The molecule has 0 aromatic carbocycles. The van der Waals surface area contributed by atoms with Crippen LogP contribution in [0.5, 0.6) is 0 Å². The largest absolute Gasteiger partial charge is 0.390 e. The monoisotopic (exact) mass is 348 g/mol. The normalized spacial score (nSPS) is 65.1. The van der Waals surface area contributed by atoms with Gasteiger partial charge in [0, 0.05) is 10.5 Å². The van der Waals surface area contributed by atoms with E-state index < -0.39 is 5.60 Å². The first-order valence-corrected chi connectivity index (χ1v) is 11.6. The molecule has 0 aromatic heterocycles. The molecular weight excluding hydrogens is 312 g/mol. The highest BCUT2D eigenvalue weighted by molar-refractivity contribution is 8.07. The molecule has 1 spiro atoms. The molecule has 4 aliphatic carbocycles. The molecule has 9 atom stereocenters. The van der Waals surface area contributed by atoms with Crippen LogP contribution in [0.3, 0.4) is 0 Å². The predicted octanol–water partition coefficient (Wildman–Crippen LogP) is 5.51. The lowest BCUT2D eigenvalue weighted by atomic mass is 9.43. The fourth-order valence-electron chi connectivity index (χ4n) is 8.39. The molecule has 0 radical (unpaired) electrons. The maximum absolute atomic E-state index is 11.1. The molecule has 136 valence electrons. The van der Waals surface area contributed by atoms with Crippen LogP contribution in [0.15, 0.2) is 0 Å². The molecule has 0 bridgehead atoms. The molecule has 1 aliphatic heterocycles. The minimum Gasteiger partial charge on any atom is -0.390 e. The van der Waals surface area contributed by atoms with Gasteiger partial charge in [-0.15, -0.1) is 0 Å². The summed E-state index contributed by atoms with van der Waals surface area (Å²) in [4.78, 5) is 0. The fraction of sp³-hybridized carbons (Fsp3) is 1.00. The molecular formula is C22H36OS. The molecule has 5 aliphatic rings. The predicted molar refractivity (Wildman–Crippen MR) is 102 cm³/mol. The molecule has 5 fully saturated rings. The molecule has 3 unspecified atom stereocenters. The third-order valence-electron chi connectivity index (χ3n) is 10.4. The van der Waals surface area contributed by atoms with Gasteiger partial charge in [-0.25, -0.2) is 0 Å². The Balaban J connectivity index is 1.46. The minimum absolute atomic E-state index is 0.186. The van der Waals surface area contributed by atoms with Gasteiger partial charge in [0.05, 0.1) is 5.60 Å².